The van der Waals surface area contributed by atoms with E-state index in [1.807, 2.05) is 13.8 Å². The Kier molecular flexibility index (Phi) is 6.41. The van der Waals surface area contributed by atoms with Crippen molar-refractivity contribution in [2.24, 2.45) is 28.6 Å². The van der Waals surface area contributed by atoms with Gasteiger partial charge in [0.2, 0.25) is 0 Å². The lowest BCUT2D eigenvalue weighted by Crippen LogP contribution is -2.68. The molecule has 0 aliphatic heterocycles. The van der Waals surface area contributed by atoms with E-state index >= 15 is 0 Å². The minimum absolute atomic E-state index is 0.000726. The monoisotopic (exact) mass is 438 g/mol. The first-order valence-corrected chi connectivity index (χ1v) is 12.0. The summed E-state index contributed by atoms with van der Waals surface area (Å²) in [5, 5.41) is 32.4. The molecule has 5 heteroatoms. The van der Waals surface area contributed by atoms with Crippen molar-refractivity contribution in [2.45, 2.75) is 89.7 Å². The molecule has 0 aromatic carbocycles. The quantitative estimate of drug-likeness (QED) is 0.441. The van der Waals surface area contributed by atoms with E-state index in [1.54, 1.807) is 0 Å². The smallest absolute Gasteiger partial charge is 0.190 e. The van der Waals surface area contributed by atoms with E-state index in [1.165, 1.54) is 12.0 Å². The van der Waals surface area contributed by atoms with E-state index in [0.717, 1.165) is 19.3 Å². The minimum atomic E-state index is -1.62. The third-order valence-electron chi connectivity index (χ3n) is 8.85. The summed E-state index contributed by atoms with van der Waals surface area (Å²) in [6.07, 6.45) is 10.6. The standard InChI is InChI=1S/C22H31ClO4.C3H8/c1-13-10-16-15-8-7-14-6-4-5-9-19(14,2)21(15,23)17(25)11-20(16,3)22(13,27)18(26)12-24;1-3-2/h5-6,9,13,15-17,24-25,27H,4,7-8,10-12H2,1-3H3;3H2,1-2H3/t13-,15-,16-,17-,19-,20-,21-,22-;/m0./s1. The minimum Gasteiger partial charge on any atom is -0.391 e. The first kappa shape index (κ1) is 24.0. The first-order valence-electron chi connectivity index (χ1n) is 11.6. The van der Waals surface area contributed by atoms with Gasteiger partial charge >= 0.3 is 0 Å². The summed E-state index contributed by atoms with van der Waals surface area (Å²) in [4.78, 5) is 11.8. The Balaban J connectivity index is 0.000000806. The van der Waals surface area contributed by atoms with Crippen LogP contribution in [0.2, 0.25) is 0 Å². The van der Waals surface area contributed by atoms with Gasteiger partial charge in [-0.3, -0.25) is 4.79 Å². The number of allylic oxidation sites excluding steroid dienone is 4. The summed E-state index contributed by atoms with van der Waals surface area (Å²) in [7, 11) is 0. The van der Waals surface area contributed by atoms with Crippen LogP contribution in [0.3, 0.4) is 0 Å². The number of hydrogen-bond acceptors (Lipinski definition) is 4. The van der Waals surface area contributed by atoms with Crippen molar-refractivity contribution in [3.8, 4) is 0 Å². The summed E-state index contributed by atoms with van der Waals surface area (Å²) in [5.74, 6) is -0.775. The van der Waals surface area contributed by atoms with Crippen LogP contribution in [-0.4, -0.2) is 44.3 Å². The lowest BCUT2D eigenvalue weighted by molar-refractivity contribution is -0.179. The number of hydrogen-bond donors (Lipinski definition) is 3. The van der Waals surface area contributed by atoms with E-state index in [9.17, 15) is 20.1 Å². The molecule has 0 heterocycles. The Morgan fingerprint density at radius 1 is 1.27 bits per heavy atom. The molecule has 4 rings (SSSR count). The molecular weight excluding hydrogens is 400 g/mol. The number of ketones is 1. The normalized spacial score (nSPS) is 49.2. The fourth-order valence-electron chi connectivity index (χ4n) is 7.40. The molecule has 4 aliphatic rings. The van der Waals surface area contributed by atoms with Crippen LogP contribution in [0.25, 0.3) is 0 Å². The Morgan fingerprint density at radius 3 is 2.50 bits per heavy atom. The lowest BCUT2D eigenvalue weighted by atomic mass is 9.45. The second kappa shape index (κ2) is 8.03. The van der Waals surface area contributed by atoms with Crippen molar-refractivity contribution in [3.05, 3.63) is 23.8 Å². The number of fused-ring (bicyclic) bond motifs is 5. The SMILES string of the molecule is CCC.C[C@H]1C[C@H]2[C@@H]3CCC4=CCC=C[C@]4(C)[C@@]3(Cl)[C@@H](O)C[C@]2(C)[C@@]1(O)C(=O)CO. The Labute approximate surface area is 186 Å². The van der Waals surface area contributed by atoms with Gasteiger partial charge in [-0.2, -0.15) is 0 Å². The van der Waals surface area contributed by atoms with Crippen molar-refractivity contribution >= 4 is 17.4 Å². The zero-order valence-electron chi connectivity index (χ0n) is 19.1. The average molecular weight is 439 g/mol. The number of alkyl halides is 1. The van der Waals surface area contributed by atoms with Gasteiger partial charge in [0.1, 0.15) is 12.2 Å². The van der Waals surface area contributed by atoms with Crippen molar-refractivity contribution in [1.29, 1.82) is 0 Å². The molecular formula is C25H39ClO4. The van der Waals surface area contributed by atoms with E-state index in [-0.39, 0.29) is 24.2 Å². The molecule has 0 radical (unpaired) electrons. The molecule has 3 fully saturated rings. The van der Waals surface area contributed by atoms with Gasteiger partial charge in [-0.1, -0.05) is 64.8 Å². The fourth-order valence-corrected chi connectivity index (χ4v) is 7.92. The third kappa shape index (κ3) is 2.86. The molecule has 0 aromatic rings. The maximum atomic E-state index is 12.6. The number of aliphatic hydroxyl groups is 3. The van der Waals surface area contributed by atoms with Gasteiger partial charge in [-0.25, -0.2) is 0 Å². The molecule has 4 aliphatic carbocycles. The second-order valence-electron chi connectivity index (χ2n) is 10.4. The molecule has 3 saturated carbocycles. The van der Waals surface area contributed by atoms with E-state index in [2.05, 4.69) is 39.0 Å². The molecule has 170 valence electrons. The van der Waals surface area contributed by atoms with Crippen LogP contribution in [0.5, 0.6) is 0 Å². The van der Waals surface area contributed by atoms with Gasteiger partial charge in [-0.15, -0.1) is 11.6 Å². The van der Waals surface area contributed by atoms with Crippen molar-refractivity contribution in [2.75, 3.05) is 6.61 Å². The van der Waals surface area contributed by atoms with Crippen molar-refractivity contribution in [1.82, 2.24) is 0 Å². The topological polar surface area (TPSA) is 77.8 Å². The number of Topliss-reactive ketones (excluding diaryl/α,β-unsaturated/α-hetero) is 1. The maximum Gasteiger partial charge on any atom is 0.190 e. The van der Waals surface area contributed by atoms with Crippen LogP contribution in [0.4, 0.5) is 0 Å². The number of carbonyl (C=O) groups is 1. The highest BCUT2D eigenvalue weighted by Crippen LogP contribution is 2.71. The largest absolute Gasteiger partial charge is 0.391 e. The predicted molar refractivity (Wildman–Crippen MR) is 120 cm³/mol. The molecule has 0 saturated heterocycles. The molecule has 0 unspecified atom stereocenters. The van der Waals surface area contributed by atoms with Gasteiger partial charge in [-0.05, 0) is 49.9 Å². The summed E-state index contributed by atoms with van der Waals surface area (Å²) in [6.45, 7) is 9.50. The molecule has 3 N–H and O–H groups in total. The Bertz CT molecular complexity index is 747. The van der Waals surface area contributed by atoms with E-state index in [4.69, 9.17) is 11.6 Å². The van der Waals surface area contributed by atoms with Crippen LogP contribution in [0.1, 0.15) is 73.1 Å². The Hall–Kier alpha value is -0.680. The highest BCUT2D eigenvalue weighted by molar-refractivity contribution is 6.26. The predicted octanol–water partition coefficient (Wildman–Crippen LogP) is 4.40. The lowest BCUT2D eigenvalue weighted by Gasteiger charge is -2.64. The summed E-state index contributed by atoms with van der Waals surface area (Å²) in [5.41, 5.74) is -1.52. The number of halogens is 1. The van der Waals surface area contributed by atoms with Crippen molar-refractivity contribution in [3.63, 3.8) is 0 Å². The van der Waals surface area contributed by atoms with E-state index < -0.39 is 39.8 Å². The highest BCUT2D eigenvalue weighted by atomic mass is 35.5. The van der Waals surface area contributed by atoms with Crippen LogP contribution in [0, 0.1) is 28.6 Å². The van der Waals surface area contributed by atoms with Crippen molar-refractivity contribution < 1.29 is 20.1 Å². The highest BCUT2D eigenvalue weighted by Gasteiger charge is 2.74. The second-order valence-corrected chi connectivity index (χ2v) is 11.0. The van der Waals surface area contributed by atoms with Crippen LogP contribution in [-0.2, 0) is 4.79 Å². The first-order chi connectivity index (χ1) is 14.0. The third-order valence-corrected chi connectivity index (χ3v) is 9.77. The zero-order valence-corrected chi connectivity index (χ0v) is 19.9. The van der Waals surface area contributed by atoms with Crippen LogP contribution < -0.4 is 0 Å². The number of aliphatic hydroxyl groups excluding tert-OH is 2. The van der Waals surface area contributed by atoms with Crippen LogP contribution >= 0.6 is 11.6 Å². The molecule has 8 atom stereocenters. The maximum absolute atomic E-state index is 12.6. The summed E-state index contributed by atoms with van der Waals surface area (Å²) in [6, 6.07) is 0. The average Bonchev–Trinajstić information content (AvgIpc) is 2.90. The van der Waals surface area contributed by atoms with Gasteiger partial charge in [0.15, 0.2) is 5.78 Å². The molecule has 0 amide bonds. The molecule has 0 aromatic heterocycles. The zero-order chi connectivity index (χ0) is 22.5. The van der Waals surface area contributed by atoms with Gasteiger partial charge in [0.25, 0.3) is 0 Å². The van der Waals surface area contributed by atoms with Gasteiger partial charge < -0.3 is 15.3 Å². The molecule has 4 nitrogen and oxygen atoms in total. The van der Waals surface area contributed by atoms with E-state index in [0.29, 0.717) is 6.42 Å². The molecule has 0 spiro atoms. The Morgan fingerprint density at radius 2 is 1.90 bits per heavy atom. The number of carbonyl (C=O) groups excluding carboxylic acids is 1. The van der Waals surface area contributed by atoms with Gasteiger partial charge in [0.05, 0.1) is 11.0 Å². The fraction of sp³-hybridized carbons (Fsp3) is 0.800. The summed E-state index contributed by atoms with van der Waals surface area (Å²) < 4.78 is 0. The van der Waals surface area contributed by atoms with Crippen LogP contribution in [0.15, 0.2) is 23.8 Å². The number of rotatable bonds is 2. The molecule has 30 heavy (non-hydrogen) atoms. The molecule has 0 bridgehead atoms. The summed E-state index contributed by atoms with van der Waals surface area (Å²) >= 11 is 7.37. The van der Waals surface area contributed by atoms with Gasteiger partial charge in [0, 0.05) is 10.8 Å².